The summed E-state index contributed by atoms with van der Waals surface area (Å²) in [7, 11) is 0. The van der Waals surface area contributed by atoms with E-state index in [0.29, 0.717) is 5.56 Å². The lowest BCUT2D eigenvalue weighted by Crippen LogP contribution is -2.19. The van der Waals surface area contributed by atoms with Crippen molar-refractivity contribution in [1.29, 1.82) is 0 Å². The zero-order valence-electron chi connectivity index (χ0n) is 14.4. The Bertz CT molecular complexity index is 875. The Morgan fingerprint density at radius 3 is 2.19 bits per heavy atom. The highest BCUT2D eigenvalue weighted by molar-refractivity contribution is 5.53. The van der Waals surface area contributed by atoms with Gasteiger partial charge in [0.05, 0.1) is 11.6 Å². The predicted octanol–water partition coefficient (Wildman–Crippen LogP) is 5.24. The maximum atomic E-state index is 13.6. The second-order valence-corrected chi connectivity index (χ2v) is 6.23. The highest BCUT2D eigenvalue weighted by atomic mass is 19.4. The van der Waals surface area contributed by atoms with Crippen molar-refractivity contribution in [2.75, 3.05) is 0 Å². The molecule has 134 valence electrons. The van der Waals surface area contributed by atoms with Crippen LogP contribution in [0, 0.1) is 13.8 Å². The average Bonchev–Trinajstić information content (AvgIpc) is 3.08. The first-order valence-corrected chi connectivity index (χ1v) is 8.11. The first-order chi connectivity index (χ1) is 12.3. The lowest BCUT2D eigenvalue weighted by Gasteiger charge is -2.18. The number of aromatic nitrogens is 3. The van der Waals surface area contributed by atoms with E-state index >= 15 is 0 Å². The molecule has 0 fully saturated rings. The third kappa shape index (κ3) is 4.20. The molecule has 0 bridgehead atoms. The zero-order valence-corrected chi connectivity index (χ0v) is 14.4. The summed E-state index contributed by atoms with van der Waals surface area (Å²) in [6.07, 6.45) is 1.34. The smallest absolute Gasteiger partial charge is 0.223 e. The van der Waals surface area contributed by atoms with Gasteiger partial charge in [0.2, 0.25) is 0 Å². The van der Waals surface area contributed by atoms with E-state index in [-0.39, 0.29) is 5.56 Å². The molecule has 3 rings (SSSR count). The van der Waals surface area contributed by atoms with E-state index in [2.05, 4.69) is 10.1 Å². The molecule has 0 aliphatic rings. The van der Waals surface area contributed by atoms with Crippen LogP contribution in [0.1, 0.15) is 28.2 Å². The summed E-state index contributed by atoms with van der Waals surface area (Å²) in [6, 6.07) is 12.1. The second-order valence-electron chi connectivity index (χ2n) is 6.23. The molecule has 0 N–H and O–H groups in total. The summed E-state index contributed by atoms with van der Waals surface area (Å²) >= 11 is 0. The normalized spacial score (nSPS) is 13.3. The monoisotopic (exact) mass is 357 g/mol. The van der Waals surface area contributed by atoms with Crippen LogP contribution in [0.25, 0.3) is 11.8 Å². The second kappa shape index (κ2) is 7.15. The van der Waals surface area contributed by atoms with E-state index in [0.717, 1.165) is 16.8 Å². The van der Waals surface area contributed by atoms with Crippen LogP contribution in [0.15, 0.2) is 61.2 Å². The van der Waals surface area contributed by atoms with Gasteiger partial charge in [0, 0.05) is 0 Å². The fourth-order valence-corrected chi connectivity index (χ4v) is 2.89. The van der Waals surface area contributed by atoms with Crippen LogP contribution in [0.4, 0.5) is 13.2 Å². The summed E-state index contributed by atoms with van der Waals surface area (Å²) in [5.74, 6) is -1.64. The summed E-state index contributed by atoms with van der Waals surface area (Å²) in [5, 5.41) is 4.02. The van der Waals surface area contributed by atoms with Crippen LogP contribution in [0.3, 0.4) is 0 Å². The Morgan fingerprint density at radius 2 is 1.65 bits per heavy atom. The summed E-state index contributed by atoms with van der Waals surface area (Å²) in [4.78, 5) is 3.87. The van der Waals surface area contributed by atoms with E-state index in [1.54, 1.807) is 61.3 Å². The molecule has 0 saturated heterocycles. The van der Waals surface area contributed by atoms with Gasteiger partial charge in [0.1, 0.15) is 12.7 Å². The number of alkyl halides is 3. The minimum absolute atomic E-state index is 0.255. The van der Waals surface area contributed by atoms with Gasteiger partial charge in [-0.3, -0.25) is 0 Å². The van der Waals surface area contributed by atoms with Gasteiger partial charge in [-0.1, -0.05) is 53.6 Å². The largest absolute Gasteiger partial charge is 0.399 e. The van der Waals surface area contributed by atoms with Crippen LogP contribution in [-0.2, 0) is 0 Å². The molecule has 0 saturated carbocycles. The SMILES string of the molecule is Cc1cc(C)cc(C(C=Cc2ccc(-n3cncn3)cc2)C(F)(F)F)c1. The molecule has 1 aromatic heterocycles. The first-order valence-electron chi connectivity index (χ1n) is 8.11. The lowest BCUT2D eigenvalue weighted by atomic mass is 9.94. The molecule has 3 aromatic rings. The topological polar surface area (TPSA) is 30.7 Å². The summed E-state index contributed by atoms with van der Waals surface area (Å²) in [5.41, 5.74) is 3.37. The van der Waals surface area contributed by atoms with E-state index in [4.69, 9.17) is 0 Å². The van der Waals surface area contributed by atoms with Crippen LogP contribution < -0.4 is 0 Å². The van der Waals surface area contributed by atoms with Gasteiger partial charge in [-0.05, 0) is 37.1 Å². The molecule has 0 aliphatic carbocycles. The number of hydrogen-bond acceptors (Lipinski definition) is 2. The van der Waals surface area contributed by atoms with Gasteiger partial charge in [-0.2, -0.15) is 18.3 Å². The van der Waals surface area contributed by atoms with Crippen molar-refractivity contribution < 1.29 is 13.2 Å². The molecular formula is C20H18F3N3. The molecule has 2 aromatic carbocycles. The predicted molar refractivity (Wildman–Crippen MR) is 95.1 cm³/mol. The van der Waals surface area contributed by atoms with Gasteiger partial charge in [-0.25, -0.2) is 9.67 Å². The third-order valence-electron chi connectivity index (χ3n) is 4.01. The van der Waals surface area contributed by atoms with Crippen molar-refractivity contribution in [3.05, 3.63) is 83.4 Å². The maximum Gasteiger partial charge on any atom is 0.399 e. The number of allylic oxidation sites excluding steroid dienone is 1. The highest BCUT2D eigenvalue weighted by Crippen LogP contribution is 2.37. The Hall–Kier alpha value is -2.89. The molecule has 0 spiro atoms. The van der Waals surface area contributed by atoms with Crippen LogP contribution in [0.5, 0.6) is 0 Å². The number of hydrogen-bond donors (Lipinski definition) is 0. The fraction of sp³-hybridized carbons (Fsp3) is 0.200. The fourth-order valence-electron chi connectivity index (χ4n) is 2.89. The maximum absolute atomic E-state index is 13.6. The summed E-state index contributed by atoms with van der Waals surface area (Å²) in [6.45, 7) is 3.60. The van der Waals surface area contributed by atoms with E-state index in [9.17, 15) is 13.2 Å². The Morgan fingerprint density at radius 1 is 1.00 bits per heavy atom. The number of nitrogens with zero attached hydrogens (tertiary/aromatic N) is 3. The minimum atomic E-state index is -4.35. The Balaban J connectivity index is 1.87. The molecule has 0 aliphatic heterocycles. The van der Waals surface area contributed by atoms with Crippen molar-refractivity contribution in [3.8, 4) is 5.69 Å². The summed E-state index contributed by atoms with van der Waals surface area (Å²) < 4.78 is 42.2. The van der Waals surface area contributed by atoms with E-state index in [1.165, 1.54) is 18.5 Å². The molecule has 0 amide bonds. The van der Waals surface area contributed by atoms with Crippen molar-refractivity contribution in [2.24, 2.45) is 0 Å². The number of aryl methyl sites for hydroxylation is 2. The van der Waals surface area contributed by atoms with Gasteiger partial charge in [0.25, 0.3) is 0 Å². The van der Waals surface area contributed by atoms with Crippen molar-refractivity contribution in [3.63, 3.8) is 0 Å². The van der Waals surface area contributed by atoms with Gasteiger partial charge in [-0.15, -0.1) is 0 Å². The zero-order chi connectivity index (χ0) is 18.7. The molecule has 0 radical (unpaired) electrons. The number of benzene rings is 2. The van der Waals surface area contributed by atoms with Gasteiger partial charge >= 0.3 is 6.18 Å². The highest BCUT2D eigenvalue weighted by Gasteiger charge is 2.38. The van der Waals surface area contributed by atoms with Gasteiger partial charge in [0.15, 0.2) is 0 Å². The molecule has 1 heterocycles. The van der Waals surface area contributed by atoms with Crippen molar-refractivity contribution in [2.45, 2.75) is 25.9 Å². The van der Waals surface area contributed by atoms with E-state index < -0.39 is 12.1 Å². The van der Waals surface area contributed by atoms with Crippen molar-refractivity contribution >= 4 is 6.08 Å². The minimum Gasteiger partial charge on any atom is -0.223 e. The Kier molecular flexibility index (Phi) is 4.93. The molecule has 1 unspecified atom stereocenters. The number of halogens is 3. The van der Waals surface area contributed by atoms with Crippen molar-refractivity contribution in [1.82, 2.24) is 14.8 Å². The number of rotatable bonds is 4. The first kappa shape index (κ1) is 17.9. The van der Waals surface area contributed by atoms with Crippen LogP contribution in [-0.4, -0.2) is 20.9 Å². The molecule has 3 nitrogen and oxygen atoms in total. The quantitative estimate of drug-likeness (QED) is 0.639. The average molecular weight is 357 g/mol. The van der Waals surface area contributed by atoms with Crippen LogP contribution >= 0.6 is 0 Å². The molecule has 6 heteroatoms. The lowest BCUT2D eigenvalue weighted by molar-refractivity contribution is -0.139. The Labute approximate surface area is 149 Å². The third-order valence-corrected chi connectivity index (χ3v) is 4.01. The standard InChI is InChI=1S/C20H18F3N3/c1-14-9-15(2)11-17(10-14)19(20(21,22)23)8-5-16-3-6-18(7-4-16)26-13-24-12-25-26/h3-13,19H,1-2H3. The molecule has 26 heavy (non-hydrogen) atoms. The van der Waals surface area contributed by atoms with E-state index in [1.807, 2.05) is 6.07 Å². The van der Waals surface area contributed by atoms with Gasteiger partial charge < -0.3 is 0 Å². The van der Waals surface area contributed by atoms with Crippen LogP contribution in [0.2, 0.25) is 0 Å². The molecular weight excluding hydrogens is 339 g/mol. The molecule has 1 atom stereocenters.